The second kappa shape index (κ2) is 10.5. The van der Waals surface area contributed by atoms with E-state index in [1.54, 1.807) is 4.90 Å². The fraction of sp³-hybridized carbons (Fsp3) is 0.560. The van der Waals surface area contributed by atoms with Crippen LogP contribution in [0.25, 0.3) is 0 Å². The number of nitrogens with zero attached hydrogens (tertiary/aromatic N) is 4. The molecule has 2 aromatic rings. The van der Waals surface area contributed by atoms with Crippen molar-refractivity contribution in [1.82, 2.24) is 25.1 Å². The summed E-state index contributed by atoms with van der Waals surface area (Å²) in [7, 11) is 0. The standard InChI is InChI=1S/C25H31F4N5O/c1-16(2)11-23-30-13-18-7-10-34(15-22(18)31-23)24(35)32-21(14-33-8-3-4-9-33)17-5-6-19(20(26)12-17)25(27,28)29/h5-6,12-13,16,21H,3-4,7-11,14-15H2,1-2H3,(H,32,35)/t21-/m1/s1. The first kappa shape index (κ1) is 25.3. The number of carbonyl (C=O) groups excluding carboxylic acids is 1. The lowest BCUT2D eigenvalue weighted by atomic mass is 10.0. The number of benzene rings is 1. The van der Waals surface area contributed by atoms with Gasteiger partial charge in [-0.05, 0) is 61.5 Å². The molecule has 10 heteroatoms. The van der Waals surface area contributed by atoms with E-state index in [0.29, 0.717) is 37.5 Å². The molecule has 1 saturated heterocycles. The van der Waals surface area contributed by atoms with Crippen LogP contribution in [0.15, 0.2) is 24.4 Å². The largest absolute Gasteiger partial charge is 0.419 e. The van der Waals surface area contributed by atoms with Crippen molar-refractivity contribution >= 4 is 6.03 Å². The highest BCUT2D eigenvalue weighted by atomic mass is 19.4. The van der Waals surface area contributed by atoms with Crippen LogP contribution in [0.1, 0.15) is 60.9 Å². The molecule has 2 aliphatic heterocycles. The molecule has 1 aromatic carbocycles. The Morgan fingerprint density at radius 2 is 1.91 bits per heavy atom. The number of fused-ring (bicyclic) bond motifs is 1. The van der Waals surface area contributed by atoms with Crippen LogP contribution in [0.3, 0.4) is 0 Å². The van der Waals surface area contributed by atoms with E-state index in [0.717, 1.165) is 61.6 Å². The minimum absolute atomic E-state index is 0.315. The zero-order valence-electron chi connectivity index (χ0n) is 20.0. The average Bonchev–Trinajstić information content (AvgIpc) is 3.30. The second-order valence-corrected chi connectivity index (χ2v) is 9.77. The van der Waals surface area contributed by atoms with E-state index >= 15 is 0 Å². The minimum Gasteiger partial charge on any atom is -0.330 e. The summed E-state index contributed by atoms with van der Waals surface area (Å²) in [5.41, 5.74) is 0.834. The fourth-order valence-corrected chi connectivity index (χ4v) is 4.66. The lowest BCUT2D eigenvalue weighted by Gasteiger charge is -2.32. The summed E-state index contributed by atoms with van der Waals surface area (Å²) in [6.45, 7) is 7.06. The molecule has 0 saturated carbocycles. The summed E-state index contributed by atoms with van der Waals surface area (Å²) in [4.78, 5) is 26.1. The van der Waals surface area contributed by atoms with Crippen LogP contribution in [0.4, 0.5) is 22.4 Å². The third-order valence-electron chi connectivity index (χ3n) is 6.51. The lowest BCUT2D eigenvalue weighted by Crippen LogP contribution is -2.46. The van der Waals surface area contributed by atoms with Crippen LogP contribution in [0, 0.1) is 11.7 Å². The van der Waals surface area contributed by atoms with E-state index < -0.39 is 23.6 Å². The maximum atomic E-state index is 14.3. The third-order valence-corrected chi connectivity index (χ3v) is 6.51. The molecule has 6 nitrogen and oxygen atoms in total. The van der Waals surface area contributed by atoms with E-state index in [2.05, 4.69) is 34.0 Å². The number of alkyl halides is 3. The summed E-state index contributed by atoms with van der Waals surface area (Å²) < 4.78 is 53.5. The maximum absolute atomic E-state index is 14.3. The minimum atomic E-state index is -4.77. The summed E-state index contributed by atoms with van der Waals surface area (Å²) in [6, 6.07) is 1.91. The molecule has 1 fully saturated rings. The molecular formula is C25H31F4N5O. The van der Waals surface area contributed by atoms with Gasteiger partial charge in [0.1, 0.15) is 11.6 Å². The molecule has 3 heterocycles. The van der Waals surface area contributed by atoms with Crippen LogP contribution >= 0.6 is 0 Å². The predicted octanol–water partition coefficient (Wildman–Crippen LogP) is 4.74. The molecule has 0 unspecified atom stereocenters. The number of aromatic nitrogens is 2. The molecule has 0 spiro atoms. The third kappa shape index (κ3) is 6.28. The number of likely N-dealkylation sites (tertiary alicyclic amines) is 1. The maximum Gasteiger partial charge on any atom is 0.419 e. The fourth-order valence-electron chi connectivity index (χ4n) is 4.66. The van der Waals surface area contributed by atoms with Gasteiger partial charge in [-0.1, -0.05) is 19.9 Å². The van der Waals surface area contributed by atoms with Crippen LogP contribution in [-0.4, -0.2) is 52.0 Å². The van der Waals surface area contributed by atoms with E-state index in [-0.39, 0.29) is 6.03 Å². The first-order valence-corrected chi connectivity index (χ1v) is 12.1. The van der Waals surface area contributed by atoms with Gasteiger partial charge < -0.3 is 15.1 Å². The number of hydrogen-bond acceptors (Lipinski definition) is 4. The van der Waals surface area contributed by atoms with Gasteiger partial charge in [-0.25, -0.2) is 19.2 Å². The van der Waals surface area contributed by atoms with Crippen molar-refractivity contribution in [1.29, 1.82) is 0 Å². The number of nitrogens with one attached hydrogen (secondary N) is 1. The van der Waals surface area contributed by atoms with Crippen molar-refractivity contribution < 1.29 is 22.4 Å². The molecule has 0 radical (unpaired) electrons. The van der Waals surface area contributed by atoms with Gasteiger partial charge in [0.2, 0.25) is 0 Å². The summed E-state index contributed by atoms with van der Waals surface area (Å²) in [6.07, 6.45) is 0.463. The Morgan fingerprint density at radius 1 is 1.17 bits per heavy atom. The molecule has 35 heavy (non-hydrogen) atoms. The van der Waals surface area contributed by atoms with Gasteiger partial charge in [0.05, 0.1) is 23.8 Å². The Labute approximate surface area is 202 Å². The monoisotopic (exact) mass is 493 g/mol. The van der Waals surface area contributed by atoms with E-state index in [1.165, 1.54) is 6.07 Å². The number of rotatable bonds is 6. The van der Waals surface area contributed by atoms with Gasteiger partial charge in [0.15, 0.2) is 0 Å². The zero-order chi connectivity index (χ0) is 25.2. The Balaban J connectivity index is 1.51. The number of urea groups is 1. The van der Waals surface area contributed by atoms with E-state index in [1.807, 2.05) is 6.20 Å². The van der Waals surface area contributed by atoms with Crippen molar-refractivity contribution in [2.45, 2.75) is 58.3 Å². The van der Waals surface area contributed by atoms with E-state index in [4.69, 9.17) is 0 Å². The van der Waals surface area contributed by atoms with Gasteiger partial charge in [-0.2, -0.15) is 13.2 Å². The first-order valence-electron chi connectivity index (χ1n) is 12.1. The smallest absolute Gasteiger partial charge is 0.330 e. The molecule has 1 atom stereocenters. The normalized spacial score (nSPS) is 17.5. The molecule has 2 aliphatic rings. The topological polar surface area (TPSA) is 61.4 Å². The first-order chi connectivity index (χ1) is 16.6. The number of hydrogen-bond donors (Lipinski definition) is 1. The Hall–Kier alpha value is -2.75. The molecular weight excluding hydrogens is 462 g/mol. The SMILES string of the molecule is CC(C)Cc1ncc2c(n1)CN(C(=O)N[C@H](CN1CCCC1)c1ccc(C(F)(F)F)c(F)c1)CC2. The van der Waals surface area contributed by atoms with Crippen molar-refractivity contribution in [3.05, 3.63) is 58.4 Å². The molecule has 2 amide bonds. The highest BCUT2D eigenvalue weighted by molar-refractivity contribution is 5.75. The molecule has 0 aliphatic carbocycles. The highest BCUT2D eigenvalue weighted by Gasteiger charge is 2.35. The van der Waals surface area contributed by atoms with Crippen molar-refractivity contribution in [2.75, 3.05) is 26.2 Å². The van der Waals surface area contributed by atoms with Crippen LogP contribution in [0.2, 0.25) is 0 Å². The average molecular weight is 494 g/mol. The predicted molar refractivity (Wildman–Crippen MR) is 123 cm³/mol. The zero-order valence-corrected chi connectivity index (χ0v) is 20.0. The van der Waals surface area contributed by atoms with Crippen LogP contribution < -0.4 is 5.32 Å². The number of halogens is 4. The van der Waals surface area contributed by atoms with Gasteiger partial charge in [-0.3, -0.25) is 0 Å². The summed E-state index contributed by atoms with van der Waals surface area (Å²) in [5, 5.41) is 2.95. The van der Waals surface area contributed by atoms with Crippen molar-refractivity contribution in [3.8, 4) is 0 Å². The quantitative estimate of drug-likeness (QED) is 0.591. The lowest BCUT2D eigenvalue weighted by molar-refractivity contribution is -0.140. The highest BCUT2D eigenvalue weighted by Crippen LogP contribution is 2.33. The summed E-state index contributed by atoms with van der Waals surface area (Å²) >= 11 is 0. The number of amides is 2. The summed E-state index contributed by atoms with van der Waals surface area (Å²) in [5.74, 6) is -0.184. The van der Waals surface area contributed by atoms with Crippen molar-refractivity contribution in [3.63, 3.8) is 0 Å². The molecule has 0 bridgehead atoms. The van der Waals surface area contributed by atoms with Crippen molar-refractivity contribution in [2.24, 2.45) is 5.92 Å². The van der Waals surface area contributed by atoms with E-state index in [9.17, 15) is 22.4 Å². The molecule has 1 N–H and O–H groups in total. The molecule has 190 valence electrons. The van der Waals surface area contributed by atoms with Crippen LogP contribution in [-0.2, 0) is 25.6 Å². The van der Waals surface area contributed by atoms with Gasteiger partial charge in [0.25, 0.3) is 0 Å². The van der Waals surface area contributed by atoms with Gasteiger partial charge >= 0.3 is 12.2 Å². The Kier molecular flexibility index (Phi) is 7.59. The van der Waals surface area contributed by atoms with Crippen LogP contribution in [0.5, 0.6) is 0 Å². The van der Waals surface area contributed by atoms with Gasteiger partial charge in [0, 0.05) is 25.7 Å². The Morgan fingerprint density at radius 3 is 2.57 bits per heavy atom. The second-order valence-electron chi connectivity index (χ2n) is 9.77. The Bertz CT molecular complexity index is 1050. The molecule has 1 aromatic heterocycles. The number of carbonyl (C=O) groups is 1. The molecule has 4 rings (SSSR count). The van der Waals surface area contributed by atoms with Gasteiger partial charge in [-0.15, -0.1) is 0 Å².